The number of nitrogens with zero attached hydrogens (tertiary/aromatic N) is 5. The largest absolute Gasteiger partial charge is 0.310 e. The molecule has 10 heteroatoms. The number of hydrogen-bond donors (Lipinski definition) is 2. The van der Waals surface area contributed by atoms with E-state index in [1.807, 2.05) is 6.92 Å². The Morgan fingerprint density at radius 1 is 1.23 bits per heavy atom. The molecule has 154 valence electrons. The van der Waals surface area contributed by atoms with E-state index in [1.165, 1.54) is 27.7 Å². The molecule has 0 saturated carbocycles. The Morgan fingerprint density at radius 3 is 2.73 bits per heavy atom. The van der Waals surface area contributed by atoms with Crippen molar-refractivity contribution in [2.45, 2.75) is 33.1 Å². The molecule has 0 saturated heterocycles. The standard InChI is InChI=1S/C20H20FN7O2/c1-3-4-5-17(29)23-16-10-12(2)26-28(16)20-24-18-15(19(30)25-20)11-22-27(18)14-8-6-13(21)7-9-14/h6-11H,3-5H2,1-2H3,(H,23,29)(H,24,25,30). The predicted molar refractivity (Wildman–Crippen MR) is 109 cm³/mol. The molecule has 0 unspecified atom stereocenters. The van der Waals surface area contributed by atoms with Crippen molar-refractivity contribution in [1.82, 2.24) is 29.5 Å². The number of fused-ring (bicyclic) bond motifs is 1. The van der Waals surface area contributed by atoms with Gasteiger partial charge in [-0.1, -0.05) is 13.3 Å². The number of anilines is 1. The summed E-state index contributed by atoms with van der Waals surface area (Å²) in [7, 11) is 0. The number of aromatic nitrogens is 6. The third-order valence-electron chi connectivity index (χ3n) is 4.55. The molecule has 4 rings (SSSR count). The summed E-state index contributed by atoms with van der Waals surface area (Å²) in [6.07, 6.45) is 3.47. The number of carbonyl (C=O) groups is 1. The lowest BCUT2D eigenvalue weighted by atomic mass is 10.2. The van der Waals surface area contributed by atoms with Crippen LogP contribution in [0.15, 0.2) is 41.3 Å². The maximum Gasteiger partial charge on any atom is 0.263 e. The number of aromatic amines is 1. The molecular weight excluding hydrogens is 389 g/mol. The quantitative estimate of drug-likeness (QED) is 0.509. The highest BCUT2D eigenvalue weighted by molar-refractivity contribution is 5.90. The van der Waals surface area contributed by atoms with Crippen molar-refractivity contribution < 1.29 is 9.18 Å². The Morgan fingerprint density at radius 2 is 2.00 bits per heavy atom. The van der Waals surface area contributed by atoms with Crippen molar-refractivity contribution in [2.75, 3.05) is 5.32 Å². The second kappa shape index (κ2) is 7.90. The molecule has 3 heterocycles. The molecule has 0 aliphatic heterocycles. The maximum atomic E-state index is 13.3. The molecule has 0 fully saturated rings. The zero-order chi connectivity index (χ0) is 21.3. The molecule has 0 radical (unpaired) electrons. The Bertz CT molecular complexity index is 1270. The summed E-state index contributed by atoms with van der Waals surface area (Å²) in [4.78, 5) is 32.0. The molecule has 30 heavy (non-hydrogen) atoms. The zero-order valence-electron chi connectivity index (χ0n) is 16.5. The number of amides is 1. The molecule has 1 amide bonds. The van der Waals surface area contributed by atoms with Crippen LogP contribution in [0.3, 0.4) is 0 Å². The van der Waals surface area contributed by atoms with Gasteiger partial charge >= 0.3 is 0 Å². The smallest absolute Gasteiger partial charge is 0.263 e. The van der Waals surface area contributed by atoms with E-state index < -0.39 is 5.56 Å². The topological polar surface area (TPSA) is 110 Å². The summed E-state index contributed by atoms with van der Waals surface area (Å²) in [5.41, 5.74) is 1.09. The SMILES string of the molecule is CCCCC(=O)Nc1cc(C)nn1-c1nc2c(cnn2-c2ccc(F)cc2)c(=O)[nH]1. The molecule has 1 aromatic carbocycles. The normalized spacial score (nSPS) is 11.2. The van der Waals surface area contributed by atoms with Crippen molar-refractivity contribution in [3.63, 3.8) is 0 Å². The van der Waals surface area contributed by atoms with E-state index in [9.17, 15) is 14.0 Å². The fourth-order valence-electron chi connectivity index (χ4n) is 3.07. The molecule has 0 atom stereocenters. The number of benzene rings is 1. The van der Waals surface area contributed by atoms with E-state index in [-0.39, 0.29) is 28.7 Å². The van der Waals surface area contributed by atoms with Gasteiger partial charge in [0, 0.05) is 12.5 Å². The van der Waals surface area contributed by atoms with E-state index in [4.69, 9.17) is 0 Å². The van der Waals surface area contributed by atoms with Gasteiger partial charge in [0.25, 0.3) is 5.56 Å². The van der Waals surface area contributed by atoms with Crippen LogP contribution in [0.5, 0.6) is 0 Å². The van der Waals surface area contributed by atoms with Gasteiger partial charge in [-0.2, -0.15) is 19.9 Å². The van der Waals surface area contributed by atoms with Gasteiger partial charge in [-0.25, -0.2) is 9.07 Å². The average Bonchev–Trinajstić information content (AvgIpc) is 3.30. The minimum atomic E-state index is -0.403. The number of halogens is 1. The molecule has 2 N–H and O–H groups in total. The van der Waals surface area contributed by atoms with E-state index in [1.54, 1.807) is 25.1 Å². The van der Waals surface area contributed by atoms with Gasteiger partial charge in [-0.15, -0.1) is 0 Å². The number of aryl methyl sites for hydroxylation is 1. The van der Waals surface area contributed by atoms with Crippen molar-refractivity contribution >= 4 is 22.8 Å². The minimum absolute atomic E-state index is 0.134. The summed E-state index contributed by atoms with van der Waals surface area (Å²) in [6, 6.07) is 7.39. The summed E-state index contributed by atoms with van der Waals surface area (Å²) < 4.78 is 16.1. The number of unbranched alkanes of at least 4 members (excludes halogenated alkanes) is 1. The van der Waals surface area contributed by atoms with Crippen LogP contribution in [0.25, 0.3) is 22.7 Å². The number of hydrogen-bond acceptors (Lipinski definition) is 5. The van der Waals surface area contributed by atoms with Gasteiger partial charge in [-0.05, 0) is 37.6 Å². The molecule has 0 aliphatic carbocycles. The number of carbonyl (C=O) groups excluding carboxylic acids is 1. The summed E-state index contributed by atoms with van der Waals surface area (Å²) in [6.45, 7) is 3.79. The highest BCUT2D eigenvalue weighted by atomic mass is 19.1. The van der Waals surface area contributed by atoms with Crippen molar-refractivity contribution in [1.29, 1.82) is 0 Å². The van der Waals surface area contributed by atoms with E-state index >= 15 is 0 Å². The van der Waals surface area contributed by atoms with Crippen LogP contribution in [0.2, 0.25) is 0 Å². The first-order valence-electron chi connectivity index (χ1n) is 9.57. The number of nitrogens with one attached hydrogen (secondary N) is 2. The summed E-state index contributed by atoms with van der Waals surface area (Å²) in [5, 5.41) is 11.7. The fraction of sp³-hybridized carbons (Fsp3) is 0.250. The molecule has 9 nitrogen and oxygen atoms in total. The van der Waals surface area contributed by atoms with E-state index in [2.05, 4.69) is 25.5 Å². The van der Waals surface area contributed by atoms with Gasteiger partial charge in [0.1, 0.15) is 17.0 Å². The lowest BCUT2D eigenvalue weighted by Gasteiger charge is -2.09. The van der Waals surface area contributed by atoms with E-state index in [0.29, 0.717) is 23.6 Å². The van der Waals surface area contributed by atoms with Gasteiger partial charge in [-0.3, -0.25) is 14.6 Å². The Hall–Kier alpha value is -3.82. The maximum absolute atomic E-state index is 13.3. The highest BCUT2D eigenvalue weighted by Gasteiger charge is 2.16. The second-order valence-corrected chi connectivity index (χ2v) is 6.89. The Labute approximate surface area is 170 Å². The molecule has 0 bridgehead atoms. The van der Waals surface area contributed by atoms with Crippen molar-refractivity contribution in [3.8, 4) is 11.6 Å². The number of rotatable bonds is 6. The van der Waals surface area contributed by atoms with Crippen LogP contribution in [0.4, 0.5) is 10.2 Å². The first-order chi connectivity index (χ1) is 14.5. The zero-order valence-corrected chi connectivity index (χ0v) is 16.5. The van der Waals surface area contributed by atoms with Crippen LogP contribution in [0.1, 0.15) is 31.9 Å². The van der Waals surface area contributed by atoms with Gasteiger partial charge in [0.05, 0.1) is 17.6 Å². The second-order valence-electron chi connectivity index (χ2n) is 6.89. The van der Waals surface area contributed by atoms with Gasteiger partial charge in [0.15, 0.2) is 5.65 Å². The fourth-order valence-corrected chi connectivity index (χ4v) is 3.07. The average molecular weight is 409 g/mol. The number of H-pyrrole nitrogens is 1. The van der Waals surface area contributed by atoms with Crippen LogP contribution in [-0.2, 0) is 4.79 Å². The third kappa shape index (κ3) is 3.71. The lowest BCUT2D eigenvalue weighted by Crippen LogP contribution is -2.19. The Kier molecular flexibility index (Phi) is 5.13. The van der Waals surface area contributed by atoms with E-state index in [0.717, 1.165) is 12.8 Å². The van der Waals surface area contributed by atoms with Crippen LogP contribution < -0.4 is 10.9 Å². The molecule has 3 aromatic heterocycles. The van der Waals surface area contributed by atoms with Crippen LogP contribution >= 0.6 is 0 Å². The monoisotopic (exact) mass is 409 g/mol. The molecular formula is C20H20FN7O2. The summed E-state index contributed by atoms with van der Waals surface area (Å²) >= 11 is 0. The summed E-state index contributed by atoms with van der Waals surface area (Å²) in [5.74, 6) is 0.0224. The van der Waals surface area contributed by atoms with Crippen molar-refractivity contribution in [3.05, 3.63) is 58.4 Å². The highest BCUT2D eigenvalue weighted by Crippen LogP contribution is 2.18. The first-order valence-corrected chi connectivity index (χ1v) is 9.57. The molecule has 4 aromatic rings. The van der Waals surface area contributed by atoms with Crippen molar-refractivity contribution in [2.24, 2.45) is 0 Å². The first kappa shape index (κ1) is 19.5. The third-order valence-corrected chi connectivity index (χ3v) is 4.55. The lowest BCUT2D eigenvalue weighted by molar-refractivity contribution is -0.116. The Balaban J connectivity index is 1.79. The minimum Gasteiger partial charge on any atom is -0.310 e. The predicted octanol–water partition coefficient (Wildman–Crippen LogP) is 2.87. The van der Waals surface area contributed by atoms with Gasteiger partial charge in [0.2, 0.25) is 11.9 Å². The van der Waals surface area contributed by atoms with Crippen LogP contribution in [0, 0.1) is 12.7 Å². The molecule has 0 spiro atoms. The van der Waals surface area contributed by atoms with Crippen LogP contribution in [-0.4, -0.2) is 35.4 Å². The van der Waals surface area contributed by atoms with Gasteiger partial charge < -0.3 is 5.32 Å². The molecule has 0 aliphatic rings.